The minimum Gasteiger partial charge on any atom is -0.305 e. The fourth-order valence-electron chi connectivity index (χ4n) is 3.90. The average molecular weight is 471 g/mol. The Morgan fingerprint density at radius 3 is 2.50 bits per heavy atom. The van der Waals surface area contributed by atoms with Crippen molar-refractivity contribution >= 4 is 34.1 Å². The summed E-state index contributed by atoms with van der Waals surface area (Å²) in [7, 11) is 1.93. The van der Waals surface area contributed by atoms with Gasteiger partial charge < -0.3 is 4.57 Å². The van der Waals surface area contributed by atoms with Crippen LogP contribution in [-0.2, 0) is 17.3 Å². The highest BCUT2D eigenvalue weighted by molar-refractivity contribution is 7.99. The van der Waals surface area contributed by atoms with Crippen molar-refractivity contribution in [2.75, 3.05) is 11.1 Å². The molecule has 0 saturated heterocycles. The number of anilines is 1. The molecule has 3 aromatic rings. The van der Waals surface area contributed by atoms with Crippen LogP contribution in [0.1, 0.15) is 69.4 Å². The van der Waals surface area contributed by atoms with Crippen molar-refractivity contribution in [3.05, 3.63) is 34.8 Å². The molecule has 1 N–H and O–H groups in total. The maximum Gasteiger partial charge on any atom is 0.236 e. The topological polar surface area (TPSA) is 85.6 Å². The molecule has 1 aliphatic rings. The summed E-state index contributed by atoms with van der Waals surface area (Å²) in [6.45, 7) is 6.59. The summed E-state index contributed by atoms with van der Waals surface area (Å²) in [5, 5.41) is 22.3. The molecule has 4 rings (SSSR count). The molecule has 7 nitrogen and oxygen atoms in total. The number of nitrogens with one attached hydrogen (secondary N) is 1. The lowest BCUT2D eigenvalue weighted by atomic mass is 9.87. The molecule has 0 aliphatic heterocycles. The molecule has 1 fully saturated rings. The molecular formula is C23H30N6OS2. The molecule has 0 bridgehead atoms. The Morgan fingerprint density at radius 1 is 1.09 bits per heavy atom. The molecule has 1 aromatic carbocycles. The van der Waals surface area contributed by atoms with Crippen molar-refractivity contribution in [1.29, 1.82) is 0 Å². The first-order valence-electron chi connectivity index (χ1n) is 11.1. The fraction of sp³-hybridized carbons (Fsp3) is 0.522. The van der Waals surface area contributed by atoms with Crippen molar-refractivity contribution in [1.82, 2.24) is 25.0 Å². The Balaban J connectivity index is 1.34. The number of rotatable bonds is 6. The number of benzene rings is 1. The maximum absolute atomic E-state index is 12.4. The summed E-state index contributed by atoms with van der Waals surface area (Å²) >= 11 is 2.87. The maximum atomic E-state index is 12.4. The van der Waals surface area contributed by atoms with E-state index in [0.717, 1.165) is 16.4 Å². The van der Waals surface area contributed by atoms with Gasteiger partial charge in [0.15, 0.2) is 11.0 Å². The number of amides is 1. The van der Waals surface area contributed by atoms with E-state index in [1.54, 1.807) is 0 Å². The Labute approximate surface area is 197 Å². The highest BCUT2D eigenvalue weighted by Gasteiger charge is 2.21. The number of aromatic nitrogens is 5. The summed E-state index contributed by atoms with van der Waals surface area (Å²) < 4.78 is 1.93. The van der Waals surface area contributed by atoms with Crippen LogP contribution in [0.5, 0.6) is 0 Å². The lowest BCUT2D eigenvalue weighted by molar-refractivity contribution is -0.113. The van der Waals surface area contributed by atoms with Gasteiger partial charge in [-0.15, -0.1) is 20.4 Å². The number of nitrogens with zero attached hydrogens (tertiary/aromatic N) is 5. The molecule has 2 aromatic heterocycles. The Hall–Kier alpha value is -2.26. The van der Waals surface area contributed by atoms with E-state index in [4.69, 9.17) is 0 Å². The van der Waals surface area contributed by atoms with E-state index in [1.165, 1.54) is 60.8 Å². The van der Waals surface area contributed by atoms with Crippen LogP contribution in [0.4, 0.5) is 5.13 Å². The van der Waals surface area contributed by atoms with E-state index in [9.17, 15) is 4.79 Å². The van der Waals surface area contributed by atoms with Gasteiger partial charge in [-0.05, 0) is 23.8 Å². The first-order chi connectivity index (χ1) is 15.3. The van der Waals surface area contributed by atoms with Crippen molar-refractivity contribution in [2.45, 2.75) is 69.4 Å². The molecule has 1 amide bonds. The van der Waals surface area contributed by atoms with E-state index in [1.807, 2.05) is 11.6 Å². The highest BCUT2D eigenvalue weighted by atomic mass is 32.2. The SMILES string of the molecule is Cn1c(SCC(=O)Nc2nnc(C3CCCCC3)s2)nnc1-c1ccc(C(C)(C)C)cc1. The third-order valence-electron chi connectivity index (χ3n) is 5.82. The normalized spacial score (nSPS) is 15.1. The van der Waals surface area contributed by atoms with E-state index in [2.05, 4.69) is 70.7 Å². The predicted molar refractivity (Wildman–Crippen MR) is 130 cm³/mol. The average Bonchev–Trinajstić information content (AvgIpc) is 3.39. The first kappa shape index (κ1) is 22.9. The number of hydrogen-bond acceptors (Lipinski definition) is 7. The molecule has 32 heavy (non-hydrogen) atoms. The zero-order valence-electron chi connectivity index (χ0n) is 19.1. The van der Waals surface area contributed by atoms with Gasteiger partial charge in [0, 0.05) is 18.5 Å². The highest BCUT2D eigenvalue weighted by Crippen LogP contribution is 2.35. The molecule has 1 aliphatic carbocycles. The van der Waals surface area contributed by atoms with Gasteiger partial charge in [0.2, 0.25) is 11.0 Å². The van der Waals surface area contributed by atoms with Gasteiger partial charge in [0.25, 0.3) is 0 Å². The van der Waals surface area contributed by atoms with Gasteiger partial charge in [-0.1, -0.05) is 87.4 Å². The van der Waals surface area contributed by atoms with E-state index >= 15 is 0 Å². The molecule has 0 spiro atoms. The van der Waals surface area contributed by atoms with Crippen LogP contribution in [0.15, 0.2) is 29.4 Å². The van der Waals surface area contributed by atoms with Gasteiger partial charge >= 0.3 is 0 Å². The number of hydrogen-bond donors (Lipinski definition) is 1. The fourth-order valence-corrected chi connectivity index (χ4v) is 5.54. The summed E-state index contributed by atoms with van der Waals surface area (Å²) in [5.74, 6) is 1.42. The monoisotopic (exact) mass is 470 g/mol. The zero-order chi connectivity index (χ0) is 22.7. The largest absolute Gasteiger partial charge is 0.305 e. The molecule has 1 saturated carbocycles. The number of thioether (sulfide) groups is 1. The van der Waals surface area contributed by atoms with Crippen LogP contribution in [0.25, 0.3) is 11.4 Å². The minimum absolute atomic E-state index is 0.108. The third-order valence-corrected chi connectivity index (χ3v) is 7.84. The van der Waals surface area contributed by atoms with Crippen molar-refractivity contribution < 1.29 is 4.79 Å². The number of carbonyl (C=O) groups is 1. The van der Waals surface area contributed by atoms with Crippen LogP contribution in [-0.4, -0.2) is 36.6 Å². The van der Waals surface area contributed by atoms with Crippen molar-refractivity contribution in [2.24, 2.45) is 7.05 Å². The second kappa shape index (κ2) is 9.70. The van der Waals surface area contributed by atoms with Crippen LogP contribution in [0.3, 0.4) is 0 Å². The van der Waals surface area contributed by atoms with Crippen LogP contribution in [0.2, 0.25) is 0 Å². The summed E-state index contributed by atoms with van der Waals surface area (Å²) in [6, 6.07) is 8.41. The zero-order valence-corrected chi connectivity index (χ0v) is 20.7. The lowest BCUT2D eigenvalue weighted by Crippen LogP contribution is -2.14. The van der Waals surface area contributed by atoms with Crippen LogP contribution < -0.4 is 5.32 Å². The molecular weight excluding hydrogens is 440 g/mol. The molecule has 2 heterocycles. The summed E-state index contributed by atoms with van der Waals surface area (Å²) in [6.07, 6.45) is 6.16. The lowest BCUT2D eigenvalue weighted by Gasteiger charge is -2.19. The predicted octanol–water partition coefficient (Wildman–Crippen LogP) is 5.41. The van der Waals surface area contributed by atoms with Gasteiger partial charge in [-0.3, -0.25) is 10.1 Å². The second-order valence-corrected chi connectivity index (χ2v) is 11.3. The Kier molecular flexibility index (Phi) is 6.95. The van der Waals surface area contributed by atoms with E-state index in [-0.39, 0.29) is 17.1 Å². The summed E-state index contributed by atoms with van der Waals surface area (Å²) in [4.78, 5) is 12.4. The molecule has 170 valence electrons. The quantitative estimate of drug-likeness (QED) is 0.485. The molecule has 0 radical (unpaired) electrons. The van der Waals surface area contributed by atoms with Crippen molar-refractivity contribution in [3.8, 4) is 11.4 Å². The van der Waals surface area contributed by atoms with E-state index < -0.39 is 0 Å². The van der Waals surface area contributed by atoms with Gasteiger partial charge in [0.05, 0.1) is 5.75 Å². The minimum atomic E-state index is -0.111. The standard InChI is InChI=1S/C23H30N6OS2/c1-23(2,3)17-12-10-15(11-13-17)19-25-28-22(29(19)4)31-14-18(30)24-21-27-26-20(32-21)16-8-6-5-7-9-16/h10-13,16H,5-9,14H2,1-4H3,(H,24,27,30). The second-order valence-electron chi connectivity index (χ2n) is 9.31. The summed E-state index contributed by atoms with van der Waals surface area (Å²) in [5.41, 5.74) is 2.39. The van der Waals surface area contributed by atoms with Crippen LogP contribution in [0, 0.1) is 0 Å². The number of carbonyl (C=O) groups excluding carboxylic acids is 1. The smallest absolute Gasteiger partial charge is 0.236 e. The molecule has 0 unspecified atom stereocenters. The van der Waals surface area contributed by atoms with Crippen LogP contribution >= 0.6 is 23.1 Å². The van der Waals surface area contributed by atoms with Crippen molar-refractivity contribution in [3.63, 3.8) is 0 Å². The Morgan fingerprint density at radius 2 is 1.81 bits per heavy atom. The molecule has 9 heteroatoms. The van der Waals surface area contributed by atoms with Gasteiger partial charge in [-0.2, -0.15) is 0 Å². The van der Waals surface area contributed by atoms with Gasteiger partial charge in [0.1, 0.15) is 5.01 Å². The van der Waals surface area contributed by atoms with E-state index in [0.29, 0.717) is 16.2 Å². The Bertz CT molecular complexity index is 1060. The third kappa shape index (κ3) is 5.38. The van der Waals surface area contributed by atoms with Gasteiger partial charge in [-0.25, -0.2) is 0 Å². The molecule has 0 atom stereocenters. The first-order valence-corrected chi connectivity index (χ1v) is 12.9.